The third kappa shape index (κ3) is 7.42. The van der Waals surface area contributed by atoms with E-state index >= 15 is 0 Å². The van der Waals surface area contributed by atoms with Crippen LogP contribution in [-0.2, 0) is 16.1 Å². The van der Waals surface area contributed by atoms with Crippen LogP contribution in [0.5, 0.6) is 0 Å². The van der Waals surface area contributed by atoms with Crippen molar-refractivity contribution in [2.75, 3.05) is 0 Å². The first kappa shape index (κ1) is 21.3. The molecule has 0 aliphatic rings. The lowest BCUT2D eigenvalue weighted by Gasteiger charge is -2.29. The van der Waals surface area contributed by atoms with Gasteiger partial charge in [0.2, 0.25) is 0 Å². The van der Waals surface area contributed by atoms with Crippen LogP contribution in [0.25, 0.3) is 0 Å². The van der Waals surface area contributed by atoms with Gasteiger partial charge in [-0.2, -0.15) is 0 Å². The van der Waals surface area contributed by atoms with Gasteiger partial charge >= 0.3 is 18.1 Å². The first-order chi connectivity index (χ1) is 12.0. The number of hydrazine groups is 1. The smallest absolute Gasteiger partial charge is 0.423 e. The minimum absolute atomic E-state index is 0.0120. The highest BCUT2D eigenvalue weighted by Crippen LogP contribution is 2.13. The Hall–Kier alpha value is -2.77. The number of benzene rings is 1. The fourth-order valence-electron chi connectivity index (χ4n) is 2.12. The van der Waals surface area contributed by atoms with E-state index in [2.05, 4.69) is 5.32 Å². The van der Waals surface area contributed by atoms with E-state index < -0.39 is 29.7 Å². The molecule has 1 aromatic carbocycles. The standard InChI is InChI=1S/C18H27N3O5/c1-12(2)14(15(22)26-18(3,4)5)19-16(23)21(20-17(24)25)11-13-9-7-6-8-10-13/h6-10,12,14,20H,11H2,1-5H3,(H,19,23)(H,24,25). The number of hydrogen-bond acceptors (Lipinski definition) is 4. The Balaban J connectivity index is 2.90. The maximum Gasteiger partial charge on any atom is 0.423 e. The maximum atomic E-state index is 12.5. The lowest BCUT2D eigenvalue weighted by molar-refractivity contribution is -0.158. The summed E-state index contributed by atoms with van der Waals surface area (Å²) < 4.78 is 5.33. The molecule has 0 aromatic heterocycles. The van der Waals surface area contributed by atoms with Crippen LogP contribution in [0.2, 0.25) is 0 Å². The van der Waals surface area contributed by atoms with Crippen molar-refractivity contribution < 1.29 is 24.2 Å². The van der Waals surface area contributed by atoms with Gasteiger partial charge in [-0.3, -0.25) is 0 Å². The van der Waals surface area contributed by atoms with E-state index in [9.17, 15) is 14.4 Å². The number of carbonyl (C=O) groups excluding carboxylic acids is 2. The molecule has 0 spiro atoms. The number of carboxylic acid groups (broad SMARTS) is 1. The summed E-state index contributed by atoms with van der Waals surface area (Å²) in [6.45, 7) is 8.74. The lowest BCUT2D eigenvalue weighted by atomic mass is 10.0. The second-order valence-corrected chi connectivity index (χ2v) is 7.19. The van der Waals surface area contributed by atoms with Crippen LogP contribution in [0.15, 0.2) is 30.3 Å². The van der Waals surface area contributed by atoms with Crippen LogP contribution >= 0.6 is 0 Å². The molecule has 3 N–H and O–H groups in total. The minimum atomic E-state index is -1.38. The maximum absolute atomic E-state index is 12.5. The Bertz CT molecular complexity index is 625. The first-order valence-corrected chi connectivity index (χ1v) is 8.34. The number of nitrogens with one attached hydrogen (secondary N) is 2. The zero-order valence-corrected chi connectivity index (χ0v) is 15.8. The largest absolute Gasteiger partial charge is 0.464 e. The van der Waals surface area contributed by atoms with Crippen molar-refractivity contribution in [1.82, 2.24) is 15.8 Å². The molecule has 0 aliphatic heterocycles. The fraction of sp³-hybridized carbons (Fsp3) is 0.500. The summed E-state index contributed by atoms with van der Waals surface area (Å²) in [6, 6.07) is 7.26. The number of amides is 3. The Morgan fingerprint density at radius 3 is 2.19 bits per heavy atom. The second-order valence-electron chi connectivity index (χ2n) is 7.19. The van der Waals surface area contributed by atoms with Crippen LogP contribution in [0.4, 0.5) is 9.59 Å². The molecule has 0 fully saturated rings. The van der Waals surface area contributed by atoms with Gasteiger partial charge in [0.15, 0.2) is 0 Å². The highest BCUT2D eigenvalue weighted by atomic mass is 16.6. The molecule has 1 unspecified atom stereocenters. The third-order valence-electron chi connectivity index (χ3n) is 3.27. The van der Waals surface area contributed by atoms with Gasteiger partial charge in [-0.05, 0) is 32.3 Å². The quantitative estimate of drug-likeness (QED) is 0.549. The van der Waals surface area contributed by atoms with Crippen LogP contribution in [0.1, 0.15) is 40.2 Å². The summed E-state index contributed by atoms with van der Waals surface area (Å²) in [5.74, 6) is -0.812. The predicted octanol–water partition coefficient (Wildman–Crippen LogP) is 2.75. The van der Waals surface area contributed by atoms with E-state index in [-0.39, 0.29) is 12.5 Å². The van der Waals surface area contributed by atoms with Crippen LogP contribution in [0.3, 0.4) is 0 Å². The van der Waals surface area contributed by atoms with Crippen molar-refractivity contribution in [3.63, 3.8) is 0 Å². The van der Waals surface area contributed by atoms with Gasteiger partial charge in [0.25, 0.3) is 0 Å². The van der Waals surface area contributed by atoms with Crippen molar-refractivity contribution in [3.8, 4) is 0 Å². The highest BCUT2D eigenvalue weighted by Gasteiger charge is 2.31. The summed E-state index contributed by atoms with van der Waals surface area (Å²) in [5.41, 5.74) is 2.08. The van der Waals surface area contributed by atoms with Crippen LogP contribution in [0, 0.1) is 5.92 Å². The van der Waals surface area contributed by atoms with Gasteiger partial charge in [0.05, 0.1) is 6.54 Å². The number of rotatable bonds is 5. The summed E-state index contributed by atoms with van der Waals surface area (Å²) >= 11 is 0. The molecule has 1 rings (SSSR count). The predicted molar refractivity (Wildman–Crippen MR) is 96.1 cm³/mol. The van der Waals surface area contributed by atoms with Gasteiger partial charge in [0, 0.05) is 0 Å². The molecular formula is C18H27N3O5. The Morgan fingerprint density at radius 2 is 1.73 bits per heavy atom. The van der Waals surface area contributed by atoms with Crippen molar-refractivity contribution in [1.29, 1.82) is 0 Å². The Labute approximate surface area is 153 Å². The average Bonchev–Trinajstić information content (AvgIpc) is 2.50. The molecule has 0 aliphatic carbocycles. The summed E-state index contributed by atoms with van der Waals surface area (Å²) in [6.07, 6.45) is -1.38. The van der Waals surface area contributed by atoms with Gasteiger partial charge in [-0.15, -0.1) is 0 Å². The molecule has 8 nitrogen and oxygen atoms in total. The normalized spacial score (nSPS) is 12.2. The molecule has 3 amide bonds. The fourth-order valence-corrected chi connectivity index (χ4v) is 2.12. The van der Waals surface area contributed by atoms with Crippen LogP contribution in [-0.4, -0.2) is 39.9 Å². The molecule has 26 heavy (non-hydrogen) atoms. The number of urea groups is 1. The van der Waals surface area contributed by atoms with E-state index in [4.69, 9.17) is 9.84 Å². The second kappa shape index (κ2) is 9.07. The van der Waals surface area contributed by atoms with Crippen molar-refractivity contribution in [2.45, 2.75) is 52.8 Å². The summed E-state index contributed by atoms with van der Waals surface area (Å²) in [7, 11) is 0. The topological polar surface area (TPSA) is 108 Å². The SMILES string of the molecule is CC(C)C(NC(=O)N(Cc1ccccc1)NC(=O)O)C(=O)OC(C)(C)C. The lowest BCUT2D eigenvalue weighted by Crippen LogP contribution is -2.55. The van der Waals surface area contributed by atoms with E-state index in [1.165, 1.54) is 0 Å². The Morgan fingerprint density at radius 1 is 1.15 bits per heavy atom. The first-order valence-electron chi connectivity index (χ1n) is 8.34. The van der Waals surface area contributed by atoms with Gasteiger partial charge in [0.1, 0.15) is 11.6 Å². The molecular weight excluding hydrogens is 338 g/mol. The molecule has 0 saturated carbocycles. The molecule has 144 valence electrons. The number of hydrogen-bond donors (Lipinski definition) is 3. The monoisotopic (exact) mass is 365 g/mol. The highest BCUT2D eigenvalue weighted by molar-refractivity contribution is 5.84. The van der Waals surface area contributed by atoms with E-state index in [1.807, 2.05) is 11.5 Å². The third-order valence-corrected chi connectivity index (χ3v) is 3.27. The van der Waals surface area contributed by atoms with Gasteiger partial charge < -0.3 is 15.2 Å². The van der Waals surface area contributed by atoms with Crippen molar-refractivity contribution in [3.05, 3.63) is 35.9 Å². The van der Waals surface area contributed by atoms with Crippen molar-refractivity contribution >= 4 is 18.1 Å². The Kier molecular flexibility index (Phi) is 7.42. The zero-order chi connectivity index (χ0) is 19.9. The van der Waals surface area contributed by atoms with Crippen LogP contribution < -0.4 is 10.7 Å². The van der Waals surface area contributed by atoms with Crippen molar-refractivity contribution in [2.24, 2.45) is 5.92 Å². The number of esters is 1. The number of nitrogens with zero attached hydrogens (tertiary/aromatic N) is 1. The summed E-state index contributed by atoms with van der Waals surface area (Å²) in [4.78, 5) is 35.9. The number of carbonyl (C=O) groups is 3. The van der Waals surface area contributed by atoms with Gasteiger partial charge in [-0.1, -0.05) is 44.2 Å². The zero-order valence-electron chi connectivity index (χ0n) is 15.8. The molecule has 0 heterocycles. The average molecular weight is 365 g/mol. The number of ether oxygens (including phenoxy) is 1. The molecule has 0 radical (unpaired) electrons. The molecule has 8 heteroatoms. The van der Waals surface area contributed by atoms with E-state index in [1.54, 1.807) is 58.9 Å². The summed E-state index contributed by atoms with van der Waals surface area (Å²) in [5, 5.41) is 12.4. The molecule has 1 atom stereocenters. The van der Waals surface area contributed by atoms with Gasteiger partial charge in [-0.25, -0.2) is 24.8 Å². The molecule has 0 saturated heterocycles. The molecule has 0 bridgehead atoms. The van der Waals surface area contributed by atoms with E-state index in [0.29, 0.717) is 0 Å². The molecule has 1 aromatic rings. The van der Waals surface area contributed by atoms with E-state index in [0.717, 1.165) is 10.6 Å². The minimum Gasteiger partial charge on any atom is -0.464 e.